The van der Waals surface area contributed by atoms with E-state index in [1.807, 2.05) is 6.92 Å². The first kappa shape index (κ1) is 17.1. The SMILES string of the molecule is C=C(C)C(=O)OCC(=O)OC1C2OC(CC2C)C1OS(=O)O. The molecule has 0 aromatic carbocycles. The maximum atomic E-state index is 11.8. The van der Waals surface area contributed by atoms with Gasteiger partial charge in [-0.05, 0) is 19.3 Å². The number of hydrogen-bond acceptors (Lipinski definition) is 7. The Morgan fingerprint density at radius 3 is 2.68 bits per heavy atom. The van der Waals surface area contributed by atoms with E-state index in [4.69, 9.17) is 22.9 Å². The first-order valence-corrected chi connectivity index (χ1v) is 7.78. The fraction of sp³-hybridized carbons (Fsp3) is 0.692. The second kappa shape index (κ2) is 6.86. The van der Waals surface area contributed by atoms with Gasteiger partial charge in [0.2, 0.25) is 0 Å². The van der Waals surface area contributed by atoms with Crippen LogP contribution in [-0.2, 0) is 39.3 Å². The molecule has 2 saturated heterocycles. The molecule has 2 heterocycles. The van der Waals surface area contributed by atoms with Gasteiger partial charge in [0, 0.05) is 5.57 Å². The van der Waals surface area contributed by atoms with Crippen LogP contribution in [0.25, 0.3) is 0 Å². The summed E-state index contributed by atoms with van der Waals surface area (Å²) in [4.78, 5) is 23.0. The summed E-state index contributed by atoms with van der Waals surface area (Å²) in [6, 6.07) is 0. The fourth-order valence-corrected chi connectivity index (χ4v) is 3.11. The largest absolute Gasteiger partial charge is 0.454 e. The van der Waals surface area contributed by atoms with Crippen molar-refractivity contribution in [1.82, 2.24) is 0 Å². The van der Waals surface area contributed by atoms with Crippen LogP contribution in [0, 0.1) is 5.92 Å². The van der Waals surface area contributed by atoms with Gasteiger partial charge in [0.25, 0.3) is 0 Å². The molecule has 0 amide bonds. The molecule has 6 atom stereocenters. The van der Waals surface area contributed by atoms with E-state index in [0.717, 1.165) is 0 Å². The van der Waals surface area contributed by atoms with Crippen LogP contribution in [0.3, 0.4) is 0 Å². The molecule has 8 nitrogen and oxygen atoms in total. The summed E-state index contributed by atoms with van der Waals surface area (Å²) >= 11 is -2.49. The van der Waals surface area contributed by atoms with E-state index in [1.165, 1.54) is 6.92 Å². The second-order valence-electron chi connectivity index (χ2n) is 5.44. The molecule has 0 aromatic rings. The van der Waals surface area contributed by atoms with Crippen molar-refractivity contribution in [1.29, 1.82) is 0 Å². The van der Waals surface area contributed by atoms with Crippen molar-refractivity contribution in [2.24, 2.45) is 5.92 Å². The van der Waals surface area contributed by atoms with Crippen LogP contribution in [0.5, 0.6) is 0 Å². The monoisotopic (exact) mass is 334 g/mol. The highest BCUT2D eigenvalue weighted by molar-refractivity contribution is 7.74. The lowest BCUT2D eigenvalue weighted by molar-refractivity contribution is -0.166. The van der Waals surface area contributed by atoms with Crippen LogP contribution in [0.1, 0.15) is 20.3 Å². The van der Waals surface area contributed by atoms with Crippen LogP contribution in [0.4, 0.5) is 0 Å². The number of carbonyl (C=O) groups excluding carboxylic acids is 2. The Hall–Kier alpha value is -1.29. The summed E-state index contributed by atoms with van der Waals surface area (Å²) < 4.78 is 40.1. The van der Waals surface area contributed by atoms with E-state index in [0.29, 0.717) is 6.42 Å². The number of fused-ring (bicyclic) bond motifs is 2. The zero-order valence-electron chi connectivity index (χ0n) is 12.2. The molecule has 0 spiro atoms. The molecule has 0 aliphatic carbocycles. The Morgan fingerprint density at radius 1 is 1.41 bits per heavy atom. The van der Waals surface area contributed by atoms with Crippen molar-refractivity contribution in [3.8, 4) is 0 Å². The first-order valence-electron chi connectivity index (χ1n) is 6.75. The highest BCUT2D eigenvalue weighted by Crippen LogP contribution is 2.42. The van der Waals surface area contributed by atoms with Gasteiger partial charge in [-0.15, -0.1) is 0 Å². The Morgan fingerprint density at radius 2 is 2.09 bits per heavy atom. The molecule has 0 radical (unpaired) electrons. The van der Waals surface area contributed by atoms with Crippen molar-refractivity contribution >= 4 is 23.3 Å². The molecule has 6 unspecified atom stereocenters. The van der Waals surface area contributed by atoms with E-state index in [2.05, 4.69) is 6.58 Å². The number of rotatable bonds is 6. The maximum absolute atomic E-state index is 11.8. The van der Waals surface area contributed by atoms with Gasteiger partial charge in [-0.1, -0.05) is 13.5 Å². The molecule has 2 bridgehead atoms. The molecule has 124 valence electrons. The molecular weight excluding hydrogens is 316 g/mol. The molecule has 2 rings (SSSR count). The molecule has 2 aliphatic rings. The number of hydrogen-bond donors (Lipinski definition) is 1. The molecule has 2 aliphatic heterocycles. The van der Waals surface area contributed by atoms with E-state index in [9.17, 15) is 13.8 Å². The number of ether oxygens (including phenoxy) is 3. The highest BCUT2D eigenvalue weighted by atomic mass is 32.2. The van der Waals surface area contributed by atoms with Gasteiger partial charge < -0.3 is 14.2 Å². The quantitative estimate of drug-likeness (QED) is 0.421. The van der Waals surface area contributed by atoms with Gasteiger partial charge in [0.1, 0.15) is 12.2 Å². The molecular formula is C13H18O8S. The van der Waals surface area contributed by atoms with Crippen LogP contribution in [0.2, 0.25) is 0 Å². The maximum Gasteiger partial charge on any atom is 0.344 e. The summed E-state index contributed by atoms with van der Waals surface area (Å²) in [5.41, 5.74) is 0.168. The summed E-state index contributed by atoms with van der Waals surface area (Å²) in [7, 11) is 0. The van der Waals surface area contributed by atoms with Crippen LogP contribution in [0.15, 0.2) is 12.2 Å². The van der Waals surface area contributed by atoms with E-state index >= 15 is 0 Å². The molecule has 0 aromatic heterocycles. The lowest BCUT2D eigenvalue weighted by atomic mass is 9.86. The van der Waals surface area contributed by atoms with Crippen molar-refractivity contribution in [3.63, 3.8) is 0 Å². The summed E-state index contributed by atoms with van der Waals surface area (Å²) in [6.07, 6.45) is -1.76. The standard InChI is InChI=1S/C13H18O8S/c1-6(2)13(15)18-5-9(14)20-12-10-7(3)4-8(19-10)11(12)21-22(16)17/h7-8,10-12H,1,4-5H2,2-3H3,(H,16,17). The molecule has 1 N–H and O–H groups in total. The average molecular weight is 334 g/mol. The topological polar surface area (TPSA) is 108 Å². The molecule has 0 saturated carbocycles. The van der Waals surface area contributed by atoms with Crippen molar-refractivity contribution in [2.75, 3.05) is 6.61 Å². The Bertz CT molecular complexity index is 504. The summed E-state index contributed by atoms with van der Waals surface area (Å²) in [5.74, 6) is -1.34. The van der Waals surface area contributed by atoms with E-state index in [-0.39, 0.29) is 11.5 Å². The third-order valence-electron chi connectivity index (χ3n) is 3.64. The zero-order valence-corrected chi connectivity index (χ0v) is 13.0. The van der Waals surface area contributed by atoms with Gasteiger partial charge >= 0.3 is 23.3 Å². The van der Waals surface area contributed by atoms with Gasteiger partial charge in [-0.25, -0.2) is 9.59 Å². The van der Waals surface area contributed by atoms with Crippen LogP contribution >= 0.6 is 0 Å². The minimum Gasteiger partial charge on any atom is -0.454 e. The number of esters is 2. The predicted molar refractivity (Wildman–Crippen MR) is 73.7 cm³/mol. The van der Waals surface area contributed by atoms with Crippen molar-refractivity contribution < 1.29 is 36.7 Å². The fourth-order valence-electron chi connectivity index (χ4n) is 2.68. The van der Waals surface area contributed by atoms with E-state index in [1.54, 1.807) is 0 Å². The number of carbonyl (C=O) groups is 2. The minimum atomic E-state index is -2.49. The lowest BCUT2D eigenvalue weighted by Gasteiger charge is -2.29. The Balaban J connectivity index is 1.94. The van der Waals surface area contributed by atoms with Gasteiger partial charge in [-0.3, -0.25) is 8.74 Å². The minimum absolute atomic E-state index is 0.132. The van der Waals surface area contributed by atoms with Crippen LogP contribution < -0.4 is 0 Å². The van der Waals surface area contributed by atoms with Crippen molar-refractivity contribution in [3.05, 3.63) is 12.2 Å². The third-order valence-corrected chi connectivity index (χ3v) is 4.03. The van der Waals surface area contributed by atoms with Gasteiger partial charge in [0.05, 0.1) is 6.10 Å². The van der Waals surface area contributed by atoms with Crippen LogP contribution in [-0.4, -0.2) is 51.7 Å². The smallest absolute Gasteiger partial charge is 0.344 e. The molecule has 2 fully saturated rings. The summed E-state index contributed by atoms with van der Waals surface area (Å²) in [6.45, 7) is 6.21. The second-order valence-corrected chi connectivity index (χ2v) is 6.07. The Kier molecular flexibility index (Phi) is 5.32. The third kappa shape index (κ3) is 3.72. The predicted octanol–water partition coefficient (Wildman–Crippen LogP) is 0.347. The first-order chi connectivity index (χ1) is 10.3. The summed E-state index contributed by atoms with van der Waals surface area (Å²) in [5, 5.41) is 0. The normalized spacial score (nSPS) is 34.2. The Labute approximate surface area is 130 Å². The average Bonchev–Trinajstić information content (AvgIpc) is 2.94. The van der Waals surface area contributed by atoms with Crippen molar-refractivity contribution in [2.45, 2.75) is 44.7 Å². The van der Waals surface area contributed by atoms with E-state index < -0.39 is 54.3 Å². The van der Waals surface area contributed by atoms with Gasteiger partial charge in [0.15, 0.2) is 12.7 Å². The van der Waals surface area contributed by atoms with Gasteiger partial charge in [-0.2, -0.15) is 4.21 Å². The molecule has 22 heavy (non-hydrogen) atoms. The molecule has 9 heteroatoms. The lowest BCUT2D eigenvalue weighted by Crippen LogP contribution is -2.46. The highest BCUT2D eigenvalue weighted by Gasteiger charge is 2.56. The zero-order chi connectivity index (χ0) is 16.4.